The minimum Gasteiger partial charge on any atom is -0.355 e. The van der Waals surface area contributed by atoms with E-state index in [0.717, 1.165) is 19.5 Å². The summed E-state index contributed by atoms with van der Waals surface area (Å²) >= 11 is 0. The second kappa shape index (κ2) is 10.2. The highest BCUT2D eigenvalue weighted by atomic mass is 16.1. The van der Waals surface area contributed by atoms with Crippen molar-refractivity contribution in [3.8, 4) is 0 Å². The summed E-state index contributed by atoms with van der Waals surface area (Å²) in [6, 6.07) is 0. The number of nitrogens with one attached hydrogen (secondary N) is 2. The average Bonchev–Trinajstić information content (AvgIpc) is 2.28. The first-order chi connectivity index (χ1) is 8.87. The number of carbonyl (C=O) groups excluding carboxylic acids is 1. The van der Waals surface area contributed by atoms with Gasteiger partial charge in [-0.05, 0) is 24.2 Å². The van der Waals surface area contributed by atoms with Crippen LogP contribution in [0.25, 0.3) is 0 Å². The topological polar surface area (TPSA) is 41.1 Å². The molecule has 0 saturated carbocycles. The van der Waals surface area contributed by atoms with Crippen LogP contribution in [0.4, 0.5) is 0 Å². The molecule has 0 aliphatic heterocycles. The third-order valence-corrected chi connectivity index (χ3v) is 3.39. The van der Waals surface area contributed by atoms with Crippen molar-refractivity contribution in [2.75, 3.05) is 19.6 Å². The molecule has 0 radical (unpaired) electrons. The van der Waals surface area contributed by atoms with Gasteiger partial charge in [0.2, 0.25) is 5.91 Å². The van der Waals surface area contributed by atoms with Gasteiger partial charge in [-0.15, -0.1) is 0 Å². The lowest BCUT2D eigenvalue weighted by atomic mass is 9.87. The molecule has 0 aromatic heterocycles. The number of unbranched alkanes of at least 4 members (excludes halogenated alkanes) is 2. The fraction of sp³-hybridized carbons (Fsp3) is 0.938. The van der Waals surface area contributed by atoms with Gasteiger partial charge in [-0.2, -0.15) is 0 Å². The zero-order chi connectivity index (χ0) is 14.7. The number of carbonyl (C=O) groups is 1. The first-order valence-electron chi connectivity index (χ1n) is 7.85. The Morgan fingerprint density at radius 1 is 1.21 bits per heavy atom. The molecule has 0 spiro atoms. The lowest BCUT2D eigenvalue weighted by Gasteiger charge is -2.25. The van der Waals surface area contributed by atoms with Crippen LogP contribution < -0.4 is 10.6 Å². The molecule has 2 N–H and O–H groups in total. The first kappa shape index (κ1) is 18.4. The molecule has 0 aromatic carbocycles. The van der Waals surface area contributed by atoms with E-state index in [1.807, 2.05) is 0 Å². The molecule has 19 heavy (non-hydrogen) atoms. The Balaban J connectivity index is 3.62. The summed E-state index contributed by atoms with van der Waals surface area (Å²) in [5.74, 6) is 0.760. The van der Waals surface area contributed by atoms with Crippen LogP contribution in [-0.4, -0.2) is 25.5 Å². The predicted octanol–water partition coefficient (Wildman–Crippen LogP) is 3.34. The lowest BCUT2D eigenvalue weighted by molar-refractivity contribution is -0.120. The van der Waals surface area contributed by atoms with Crippen molar-refractivity contribution >= 4 is 5.91 Å². The van der Waals surface area contributed by atoms with E-state index in [-0.39, 0.29) is 11.3 Å². The third-order valence-electron chi connectivity index (χ3n) is 3.39. The molecule has 114 valence electrons. The van der Waals surface area contributed by atoms with E-state index in [9.17, 15) is 4.79 Å². The highest BCUT2D eigenvalue weighted by Gasteiger charge is 2.17. The van der Waals surface area contributed by atoms with Gasteiger partial charge in [0.1, 0.15) is 0 Å². The number of amides is 1. The van der Waals surface area contributed by atoms with E-state index >= 15 is 0 Å². The van der Waals surface area contributed by atoms with Crippen molar-refractivity contribution in [3.05, 3.63) is 0 Å². The van der Waals surface area contributed by atoms with E-state index in [1.165, 1.54) is 25.7 Å². The van der Waals surface area contributed by atoms with Gasteiger partial charge in [-0.25, -0.2) is 0 Å². The summed E-state index contributed by atoms with van der Waals surface area (Å²) in [7, 11) is 0. The normalized spacial score (nSPS) is 11.9. The molecule has 0 saturated heterocycles. The maximum absolute atomic E-state index is 11.6. The summed E-state index contributed by atoms with van der Waals surface area (Å²) < 4.78 is 0. The maximum Gasteiger partial charge on any atom is 0.233 e. The molecule has 0 rings (SSSR count). The molecule has 0 unspecified atom stereocenters. The molecule has 0 aromatic rings. The monoisotopic (exact) mass is 270 g/mol. The Bertz CT molecular complexity index is 237. The average molecular weight is 270 g/mol. The summed E-state index contributed by atoms with van der Waals surface area (Å²) in [6.07, 6.45) is 6.13. The van der Waals surface area contributed by atoms with Crippen molar-refractivity contribution in [1.29, 1.82) is 0 Å². The van der Waals surface area contributed by atoms with Crippen molar-refractivity contribution < 1.29 is 4.79 Å². The highest BCUT2D eigenvalue weighted by molar-refractivity contribution is 5.77. The molecule has 0 aliphatic carbocycles. The van der Waals surface area contributed by atoms with Crippen LogP contribution in [0.1, 0.15) is 66.7 Å². The Hall–Kier alpha value is -0.570. The van der Waals surface area contributed by atoms with Gasteiger partial charge >= 0.3 is 0 Å². The van der Waals surface area contributed by atoms with E-state index in [1.54, 1.807) is 0 Å². The van der Waals surface area contributed by atoms with Crippen LogP contribution in [0.2, 0.25) is 0 Å². The Labute approximate surface area is 119 Å². The van der Waals surface area contributed by atoms with Crippen LogP contribution in [0.3, 0.4) is 0 Å². The maximum atomic E-state index is 11.6. The van der Waals surface area contributed by atoms with Gasteiger partial charge in [0, 0.05) is 13.1 Å². The van der Waals surface area contributed by atoms with Crippen LogP contribution in [0, 0.1) is 11.3 Å². The van der Waals surface area contributed by atoms with Gasteiger partial charge < -0.3 is 10.6 Å². The standard InChI is InChI=1S/C16H34N2O/c1-6-7-8-10-16(4,5)13-17-12-15(19)18-11-9-14(2)3/h14,17H,6-13H2,1-5H3,(H,18,19). The number of rotatable bonds is 11. The Morgan fingerprint density at radius 2 is 1.89 bits per heavy atom. The quantitative estimate of drug-likeness (QED) is 0.565. The molecular weight excluding hydrogens is 236 g/mol. The molecular formula is C16H34N2O. The minimum atomic E-state index is 0.116. The summed E-state index contributed by atoms with van der Waals surface area (Å²) in [4.78, 5) is 11.6. The number of hydrogen-bond donors (Lipinski definition) is 2. The molecule has 0 fully saturated rings. The van der Waals surface area contributed by atoms with Crippen LogP contribution >= 0.6 is 0 Å². The summed E-state index contributed by atoms with van der Waals surface area (Å²) in [5, 5.41) is 6.23. The SMILES string of the molecule is CCCCCC(C)(C)CNCC(=O)NCCC(C)C. The van der Waals surface area contributed by atoms with Gasteiger partial charge in [0.25, 0.3) is 0 Å². The van der Waals surface area contributed by atoms with Crippen LogP contribution in [-0.2, 0) is 4.79 Å². The lowest BCUT2D eigenvalue weighted by Crippen LogP contribution is -2.38. The van der Waals surface area contributed by atoms with Gasteiger partial charge in [0.05, 0.1) is 6.54 Å². The Morgan fingerprint density at radius 3 is 2.47 bits per heavy atom. The fourth-order valence-electron chi connectivity index (χ4n) is 2.02. The molecule has 0 aliphatic rings. The largest absolute Gasteiger partial charge is 0.355 e. The van der Waals surface area contributed by atoms with Gasteiger partial charge in [0.15, 0.2) is 0 Å². The van der Waals surface area contributed by atoms with Crippen molar-refractivity contribution in [1.82, 2.24) is 10.6 Å². The predicted molar refractivity (Wildman–Crippen MR) is 83.3 cm³/mol. The number of hydrogen-bond acceptors (Lipinski definition) is 2. The van der Waals surface area contributed by atoms with Crippen molar-refractivity contribution in [2.45, 2.75) is 66.7 Å². The second-order valence-corrected chi connectivity index (χ2v) is 6.76. The molecule has 0 atom stereocenters. The van der Waals surface area contributed by atoms with Crippen molar-refractivity contribution in [2.24, 2.45) is 11.3 Å². The smallest absolute Gasteiger partial charge is 0.233 e. The zero-order valence-electron chi connectivity index (χ0n) is 13.6. The highest BCUT2D eigenvalue weighted by Crippen LogP contribution is 2.22. The van der Waals surface area contributed by atoms with Gasteiger partial charge in [-0.1, -0.05) is 53.9 Å². The minimum absolute atomic E-state index is 0.116. The molecule has 1 amide bonds. The van der Waals surface area contributed by atoms with Crippen LogP contribution in [0.5, 0.6) is 0 Å². The third kappa shape index (κ3) is 12.2. The van der Waals surface area contributed by atoms with Crippen molar-refractivity contribution in [3.63, 3.8) is 0 Å². The molecule has 0 bridgehead atoms. The molecule has 3 heteroatoms. The first-order valence-corrected chi connectivity index (χ1v) is 7.85. The molecule has 0 heterocycles. The van der Waals surface area contributed by atoms with Crippen LogP contribution in [0.15, 0.2) is 0 Å². The van der Waals surface area contributed by atoms with E-state index in [4.69, 9.17) is 0 Å². The second-order valence-electron chi connectivity index (χ2n) is 6.76. The summed E-state index contributed by atoms with van der Waals surface area (Å²) in [6.45, 7) is 13.2. The molecule has 3 nitrogen and oxygen atoms in total. The zero-order valence-corrected chi connectivity index (χ0v) is 13.6. The van der Waals surface area contributed by atoms with E-state index in [2.05, 4.69) is 45.3 Å². The van der Waals surface area contributed by atoms with Gasteiger partial charge in [-0.3, -0.25) is 4.79 Å². The van der Waals surface area contributed by atoms with E-state index in [0.29, 0.717) is 12.5 Å². The fourth-order valence-corrected chi connectivity index (χ4v) is 2.02. The Kier molecular flexibility index (Phi) is 9.94. The summed E-state index contributed by atoms with van der Waals surface area (Å²) in [5.41, 5.74) is 0.285. The van der Waals surface area contributed by atoms with E-state index < -0.39 is 0 Å².